The second-order valence-electron chi connectivity index (χ2n) is 6.09. The number of nitrogens with one attached hydrogen (secondary N) is 2. The Labute approximate surface area is 160 Å². The molecule has 1 aliphatic rings. The third kappa shape index (κ3) is 4.19. The van der Waals surface area contributed by atoms with E-state index in [4.69, 9.17) is 0 Å². The van der Waals surface area contributed by atoms with Gasteiger partial charge in [0, 0.05) is 37.0 Å². The lowest BCUT2D eigenvalue weighted by Gasteiger charge is -2.33. The lowest BCUT2D eigenvalue weighted by atomic mass is 9.96. The Balaban J connectivity index is 1.72. The summed E-state index contributed by atoms with van der Waals surface area (Å²) in [4.78, 5) is 35.3. The fourth-order valence-corrected chi connectivity index (χ4v) is 3.26. The van der Waals surface area contributed by atoms with Crippen molar-refractivity contribution in [2.75, 3.05) is 30.4 Å². The van der Waals surface area contributed by atoms with Crippen LogP contribution in [0.2, 0.25) is 0 Å². The van der Waals surface area contributed by atoms with Gasteiger partial charge in [-0.1, -0.05) is 0 Å². The van der Waals surface area contributed by atoms with Crippen molar-refractivity contribution in [1.82, 2.24) is 15.3 Å². The smallest absolute Gasteiger partial charge is 0.254 e. The van der Waals surface area contributed by atoms with Crippen molar-refractivity contribution in [2.24, 2.45) is 5.92 Å². The van der Waals surface area contributed by atoms with Gasteiger partial charge in [0.05, 0.1) is 11.5 Å². The molecule has 8 heteroatoms. The maximum atomic E-state index is 12.6. The van der Waals surface area contributed by atoms with Crippen LogP contribution in [0, 0.1) is 5.92 Å². The van der Waals surface area contributed by atoms with Gasteiger partial charge in [0.2, 0.25) is 5.91 Å². The fourth-order valence-electron chi connectivity index (χ4n) is 3.02. The number of piperidine rings is 1. The Bertz CT molecular complexity index is 796. The number of aromatic nitrogens is 2. The van der Waals surface area contributed by atoms with E-state index in [1.165, 1.54) is 0 Å². The Kier molecular flexibility index (Phi) is 5.82. The molecular weight excluding hydrogens is 398 g/mol. The Morgan fingerprint density at radius 2 is 2.12 bits per heavy atom. The molecule has 2 aromatic heterocycles. The molecule has 3 rings (SSSR count). The van der Waals surface area contributed by atoms with Crippen molar-refractivity contribution in [3.05, 3.63) is 46.7 Å². The van der Waals surface area contributed by atoms with E-state index in [1.54, 1.807) is 37.6 Å². The molecule has 2 N–H and O–H groups in total. The van der Waals surface area contributed by atoms with Gasteiger partial charge in [-0.25, -0.2) is 9.97 Å². The number of pyridine rings is 2. The van der Waals surface area contributed by atoms with Gasteiger partial charge in [-0.2, -0.15) is 0 Å². The van der Waals surface area contributed by atoms with Crippen molar-refractivity contribution >= 4 is 39.4 Å². The molecular formula is C18H20BrN5O2. The minimum absolute atomic E-state index is 0.0676. The largest absolute Gasteiger partial charge is 0.355 e. The van der Waals surface area contributed by atoms with Crippen molar-refractivity contribution in [3.8, 4) is 0 Å². The van der Waals surface area contributed by atoms with E-state index in [0.717, 1.165) is 23.9 Å². The zero-order chi connectivity index (χ0) is 18.5. The summed E-state index contributed by atoms with van der Waals surface area (Å²) in [6.07, 6.45) is 4.96. The van der Waals surface area contributed by atoms with Crippen LogP contribution in [0.3, 0.4) is 0 Å². The molecule has 1 fully saturated rings. The second-order valence-corrected chi connectivity index (χ2v) is 7.01. The van der Waals surface area contributed by atoms with E-state index in [2.05, 4.69) is 36.5 Å². The molecule has 2 amide bonds. The Morgan fingerprint density at radius 1 is 1.27 bits per heavy atom. The van der Waals surface area contributed by atoms with Crippen molar-refractivity contribution < 1.29 is 9.59 Å². The number of halogens is 1. The highest BCUT2D eigenvalue weighted by atomic mass is 79.9. The molecule has 7 nitrogen and oxygen atoms in total. The molecule has 2 aromatic rings. The van der Waals surface area contributed by atoms with Gasteiger partial charge in [-0.05, 0) is 53.0 Å². The summed E-state index contributed by atoms with van der Waals surface area (Å²) < 4.78 is 0.858. The first-order valence-corrected chi connectivity index (χ1v) is 9.22. The zero-order valence-corrected chi connectivity index (χ0v) is 16.0. The molecule has 136 valence electrons. The van der Waals surface area contributed by atoms with Crippen molar-refractivity contribution in [3.63, 3.8) is 0 Å². The summed E-state index contributed by atoms with van der Waals surface area (Å²) in [5, 5.41) is 5.50. The van der Waals surface area contributed by atoms with E-state index in [1.807, 2.05) is 11.0 Å². The lowest BCUT2D eigenvalue weighted by Crippen LogP contribution is -2.42. The van der Waals surface area contributed by atoms with Crippen LogP contribution >= 0.6 is 15.9 Å². The summed E-state index contributed by atoms with van der Waals surface area (Å²) in [6, 6.07) is 7.07. The highest BCUT2D eigenvalue weighted by molar-refractivity contribution is 9.10. The normalized spacial score (nSPS) is 16.8. The molecule has 0 aromatic carbocycles. The van der Waals surface area contributed by atoms with Crippen molar-refractivity contribution in [1.29, 1.82) is 0 Å². The summed E-state index contributed by atoms with van der Waals surface area (Å²) >= 11 is 3.32. The third-order valence-corrected chi connectivity index (χ3v) is 4.80. The number of carbonyl (C=O) groups is 2. The van der Waals surface area contributed by atoms with Gasteiger partial charge in [0.25, 0.3) is 5.91 Å². The first kappa shape index (κ1) is 18.3. The topological polar surface area (TPSA) is 87.2 Å². The van der Waals surface area contributed by atoms with Gasteiger partial charge in [0.1, 0.15) is 11.6 Å². The minimum atomic E-state index is -0.186. The molecule has 0 aliphatic carbocycles. The van der Waals surface area contributed by atoms with Gasteiger partial charge in [-0.3, -0.25) is 9.59 Å². The monoisotopic (exact) mass is 417 g/mol. The van der Waals surface area contributed by atoms with E-state index in [-0.39, 0.29) is 17.7 Å². The molecule has 0 radical (unpaired) electrons. The van der Waals surface area contributed by atoms with Crippen LogP contribution in [0.4, 0.5) is 11.6 Å². The molecule has 0 bridgehead atoms. The van der Waals surface area contributed by atoms with Crippen LogP contribution < -0.4 is 15.5 Å². The maximum absolute atomic E-state index is 12.6. The quantitative estimate of drug-likeness (QED) is 0.797. The first-order valence-electron chi connectivity index (χ1n) is 8.43. The van der Waals surface area contributed by atoms with E-state index in [9.17, 15) is 9.59 Å². The number of rotatable bonds is 4. The van der Waals surface area contributed by atoms with Crippen LogP contribution in [-0.2, 0) is 4.79 Å². The molecule has 1 saturated heterocycles. The molecule has 1 atom stereocenters. The fraction of sp³-hybridized carbons (Fsp3) is 0.333. The standard InChI is InChI=1S/C18H20BrN5O2/c1-20-18(26)14-5-2-8-21-16(14)24-9-3-4-12(11-24)17(25)23-15-7-6-13(19)10-22-15/h2,5-8,10,12H,3-4,9,11H2,1H3,(H,20,26)(H,22,23,25). The number of anilines is 2. The molecule has 0 spiro atoms. The molecule has 1 aliphatic heterocycles. The number of hydrogen-bond donors (Lipinski definition) is 2. The third-order valence-electron chi connectivity index (χ3n) is 4.33. The highest BCUT2D eigenvalue weighted by Gasteiger charge is 2.28. The SMILES string of the molecule is CNC(=O)c1cccnc1N1CCCC(C(=O)Nc2ccc(Br)cn2)C1. The molecule has 26 heavy (non-hydrogen) atoms. The van der Waals surface area contributed by atoms with Crippen LogP contribution in [0.5, 0.6) is 0 Å². The van der Waals surface area contributed by atoms with Crippen LogP contribution in [0.1, 0.15) is 23.2 Å². The summed E-state index contributed by atoms with van der Waals surface area (Å²) in [7, 11) is 1.59. The van der Waals surface area contributed by atoms with Gasteiger partial charge < -0.3 is 15.5 Å². The average molecular weight is 418 g/mol. The van der Waals surface area contributed by atoms with Crippen molar-refractivity contribution in [2.45, 2.75) is 12.8 Å². The maximum Gasteiger partial charge on any atom is 0.254 e. The van der Waals surface area contributed by atoms with E-state index < -0.39 is 0 Å². The summed E-state index contributed by atoms with van der Waals surface area (Å²) in [6.45, 7) is 1.28. The first-order chi connectivity index (χ1) is 12.6. The number of carbonyl (C=O) groups excluding carboxylic acids is 2. The van der Waals surface area contributed by atoms with E-state index in [0.29, 0.717) is 23.7 Å². The second kappa shape index (κ2) is 8.27. The number of hydrogen-bond acceptors (Lipinski definition) is 5. The van der Waals surface area contributed by atoms with Crippen LogP contribution in [0.25, 0.3) is 0 Å². The van der Waals surface area contributed by atoms with Gasteiger partial charge in [0.15, 0.2) is 0 Å². The predicted molar refractivity (Wildman–Crippen MR) is 103 cm³/mol. The van der Waals surface area contributed by atoms with Crippen LogP contribution in [-0.4, -0.2) is 41.9 Å². The summed E-state index contributed by atoms with van der Waals surface area (Å²) in [5.74, 6) is 0.708. The zero-order valence-electron chi connectivity index (χ0n) is 14.4. The molecule has 1 unspecified atom stereocenters. The van der Waals surface area contributed by atoms with Gasteiger partial charge >= 0.3 is 0 Å². The van der Waals surface area contributed by atoms with E-state index >= 15 is 0 Å². The molecule has 0 saturated carbocycles. The Hall–Kier alpha value is -2.48. The van der Waals surface area contributed by atoms with Gasteiger partial charge in [-0.15, -0.1) is 0 Å². The molecule has 3 heterocycles. The highest BCUT2D eigenvalue weighted by Crippen LogP contribution is 2.25. The summed E-state index contributed by atoms with van der Waals surface area (Å²) in [5.41, 5.74) is 0.519. The predicted octanol–water partition coefficient (Wildman–Crippen LogP) is 2.45. The average Bonchev–Trinajstić information content (AvgIpc) is 2.69. The number of amides is 2. The van der Waals surface area contributed by atoms with Crippen LogP contribution in [0.15, 0.2) is 41.1 Å². The lowest BCUT2D eigenvalue weighted by molar-refractivity contribution is -0.120. The Morgan fingerprint density at radius 3 is 2.85 bits per heavy atom. The minimum Gasteiger partial charge on any atom is -0.355 e. The number of nitrogens with zero attached hydrogens (tertiary/aromatic N) is 3.